The molecule has 0 aliphatic heterocycles. The van der Waals surface area contributed by atoms with Gasteiger partial charge in [-0.3, -0.25) is 4.79 Å². The van der Waals surface area contributed by atoms with E-state index in [1.807, 2.05) is 31.2 Å². The molecule has 146 valence electrons. The molecule has 0 unspecified atom stereocenters. The van der Waals surface area contributed by atoms with Crippen molar-refractivity contribution in [2.45, 2.75) is 26.3 Å². The number of aryl methyl sites for hydroxylation is 1. The zero-order chi connectivity index (χ0) is 20.0. The molecule has 2 rings (SSSR count). The van der Waals surface area contributed by atoms with Crippen molar-refractivity contribution in [2.24, 2.45) is 0 Å². The Bertz CT molecular complexity index is 850. The number of carbonyl (C=O) groups is 1. The Balaban J connectivity index is 2.15. The largest absolute Gasteiger partial charge is 0.348 e. The summed E-state index contributed by atoms with van der Waals surface area (Å²) < 4.78 is 27.5. The first-order valence-corrected chi connectivity index (χ1v) is 10.3. The molecule has 1 N–H and O–H groups in total. The van der Waals surface area contributed by atoms with E-state index in [2.05, 4.69) is 12.2 Å². The van der Waals surface area contributed by atoms with Gasteiger partial charge in [-0.05, 0) is 36.6 Å². The third-order valence-corrected chi connectivity index (χ3v) is 6.16. The first kappa shape index (κ1) is 20.9. The van der Waals surface area contributed by atoms with E-state index in [1.54, 1.807) is 30.3 Å². The van der Waals surface area contributed by atoms with Gasteiger partial charge in [0.2, 0.25) is 5.91 Å². The zero-order valence-corrected chi connectivity index (χ0v) is 17.0. The van der Waals surface area contributed by atoms with Gasteiger partial charge in [0, 0.05) is 14.1 Å². The summed E-state index contributed by atoms with van der Waals surface area (Å²) >= 11 is 0. The van der Waals surface area contributed by atoms with Crippen molar-refractivity contribution < 1.29 is 13.2 Å². The van der Waals surface area contributed by atoms with Gasteiger partial charge in [0.05, 0.1) is 11.7 Å². The molecule has 0 aliphatic carbocycles. The average Bonchev–Trinajstić information content (AvgIpc) is 2.66. The maximum atomic E-state index is 12.7. The second-order valence-corrected chi connectivity index (χ2v) is 8.58. The summed E-state index contributed by atoms with van der Waals surface area (Å²) in [5.41, 5.74) is 2.65. The van der Waals surface area contributed by atoms with E-state index in [1.165, 1.54) is 19.7 Å². The number of nitrogens with one attached hydrogen (secondary N) is 1. The molecule has 6 nitrogen and oxygen atoms in total. The monoisotopic (exact) mass is 389 g/mol. The van der Waals surface area contributed by atoms with Gasteiger partial charge in [-0.1, -0.05) is 49.4 Å². The van der Waals surface area contributed by atoms with Gasteiger partial charge in [0.1, 0.15) is 6.54 Å². The van der Waals surface area contributed by atoms with E-state index in [0.717, 1.165) is 20.6 Å². The van der Waals surface area contributed by atoms with Crippen LogP contribution in [-0.2, 0) is 21.4 Å². The molecule has 27 heavy (non-hydrogen) atoms. The molecule has 2 aromatic carbocycles. The minimum atomic E-state index is -3.79. The minimum Gasteiger partial charge on any atom is -0.348 e. The van der Waals surface area contributed by atoms with Crippen LogP contribution >= 0.6 is 0 Å². The lowest BCUT2D eigenvalue weighted by molar-refractivity contribution is -0.120. The normalized spacial score (nSPS) is 12.6. The van der Waals surface area contributed by atoms with Gasteiger partial charge in [-0.25, -0.2) is 4.31 Å². The van der Waals surface area contributed by atoms with Crippen LogP contribution in [0.15, 0.2) is 54.6 Å². The quantitative estimate of drug-likeness (QED) is 0.755. The molecule has 1 atom stereocenters. The highest BCUT2D eigenvalue weighted by Crippen LogP contribution is 2.19. The maximum Gasteiger partial charge on any atom is 0.304 e. The SMILES string of the molecule is CCc1ccc([C@H](C)NC(=O)CN(c2ccccc2)S(=O)(=O)N(C)C)cc1. The van der Waals surface area contributed by atoms with E-state index in [9.17, 15) is 13.2 Å². The highest BCUT2D eigenvalue weighted by molar-refractivity contribution is 7.90. The van der Waals surface area contributed by atoms with E-state index < -0.39 is 10.2 Å². The number of nitrogens with zero attached hydrogens (tertiary/aromatic N) is 2. The second-order valence-electron chi connectivity index (χ2n) is 6.52. The molecule has 1 amide bonds. The number of benzene rings is 2. The first-order valence-electron chi connectivity index (χ1n) is 8.89. The number of amides is 1. The number of carbonyl (C=O) groups excluding carboxylic acids is 1. The molecule has 0 bridgehead atoms. The lowest BCUT2D eigenvalue weighted by Crippen LogP contribution is -2.46. The lowest BCUT2D eigenvalue weighted by atomic mass is 10.1. The van der Waals surface area contributed by atoms with Crippen LogP contribution in [0.5, 0.6) is 0 Å². The van der Waals surface area contributed by atoms with Crippen LogP contribution in [0, 0.1) is 0 Å². The van der Waals surface area contributed by atoms with Crippen molar-refractivity contribution in [1.82, 2.24) is 9.62 Å². The van der Waals surface area contributed by atoms with E-state index >= 15 is 0 Å². The van der Waals surface area contributed by atoms with Gasteiger partial charge >= 0.3 is 10.2 Å². The summed E-state index contributed by atoms with van der Waals surface area (Å²) in [7, 11) is -0.900. The van der Waals surface area contributed by atoms with Crippen molar-refractivity contribution in [3.05, 3.63) is 65.7 Å². The topological polar surface area (TPSA) is 69.7 Å². The van der Waals surface area contributed by atoms with Gasteiger partial charge in [0.15, 0.2) is 0 Å². The molecule has 0 saturated carbocycles. The van der Waals surface area contributed by atoms with Crippen molar-refractivity contribution in [3.63, 3.8) is 0 Å². The fourth-order valence-electron chi connectivity index (χ4n) is 2.64. The number of hydrogen-bond acceptors (Lipinski definition) is 3. The summed E-state index contributed by atoms with van der Waals surface area (Å²) in [6.07, 6.45) is 0.954. The van der Waals surface area contributed by atoms with Crippen LogP contribution in [0.2, 0.25) is 0 Å². The lowest BCUT2D eigenvalue weighted by Gasteiger charge is -2.27. The molecule has 0 radical (unpaired) electrons. The highest BCUT2D eigenvalue weighted by Gasteiger charge is 2.27. The van der Waals surface area contributed by atoms with E-state index in [0.29, 0.717) is 5.69 Å². The Kier molecular flexibility index (Phi) is 6.98. The average molecular weight is 390 g/mol. The molecule has 7 heteroatoms. The van der Waals surface area contributed by atoms with Crippen molar-refractivity contribution >= 4 is 21.8 Å². The van der Waals surface area contributed by atoms with Crippen molar-refractivity contribution in [2.75, 3.05) is 24.9 Å². The number of hydrogen-bond donors (Lipinski definition) is 1. The molecule has 0 heterocycles. The van der Waals surface area contributed by atoms with Crippen LogP contribution < -0.4 is 9.62 Å². The fraction of sp³-hybridized carbons (Fsp3) is 0.350. The number of para-hydroxylation sites is 1. The smallest absolute Gasteiger partial charge is 0.304 e. The predicted octanol–water partition coefficient (Wildman–Crippen LogP) is 2.74. The molecule has 0 fully saturated rings. The fourth-order valence-corrected chi connectivity index (χ4v) is 3.70. The highest BCUT2D eigenvalue weighted by atomic mass is 32.2. The summed E-state index contributed by atoms with van der Waals surface area (Å²) in [4.78, 5) is 12.6. The summed E-state index contributed by atoms with van der Waals surface area (Å²) in [6, 6.07) is 16.4. The Labute approximate surface area is 162 Å². The van der Waals surface area contributed by atoms with Crippen molar-refractivity contribution in [3.8, 4) is 0 Å². The van der Waals surface area contributed by atoms with Gasteiger partial charge in [0.25, 0.3) is 0 Å². The van der Waals surface area contributed by atoms with Gasteiger partial charge < -0.3 is 5.32 Å². The molecule has 2 aromatic rings. The first-order chi connectivity index (χ1) is 12.8. The molecule has 0 aliphatic rings. The van der Waals surface area contributed by atoms with Crippen LogP contribution in [0.1, 0.15) is 31.0 Å². The standard InChI is InChI=1S/C20H27N3O3S/c1-5-17-11-13-18(14-12-17)16(2)21-20(24)15-23(27(25,26)22(3)4)19-9-7-6-8-10-19/h6-14,16H,5,15H2,1-4H3,(H,21,24)/t16-/m0/s1. The van der Waals surface area contributed by atoms with Crippen LogP contribution in [0.4, 0.5) is 5.69 Å². The Morgan fingerprint density at radius 2 is 1.63 bits per heavy atom. The van der Waals surface area contributed by atoms with Gasteiger partial charge in [-0.2, -0.15) is 12.7 Å². The molecule has 0 spiro atoms. The van der Waals surface area contributed by atoms with E-state index in [-0.39, 0.29) is 18.5 Å². The van der Waals surface area contributed by atoms with Crippen LogP contribution in [-0.4, -0.2) is 39.3 Å². The Hall–Kier alpha value is -2.38. The third-order valence-electron chi connectivity index (χ3n) is 4.34. The minimum absolute atomic E-state index is 0.219. The van der Waals surface area contributed by atoms with Crippen molar-refractivity contribution in [1.29, 1.82) is 0 Å². The molecular weight excluding hydrogens is 362 g/mol. The zero-order valence-electron chi connectivity index (χ0n) is 16.2. The van der Waals surface area contributed by atoms with Gasteiger partial charge in [-0.15, -0.1) is 0 Å². The summed E-state index contributed by atoms with van der Waals surface area (Å²) in [5, 5.41) is 2.88. The van der Waals surface area contributed by atoms with Crippen LogP contribution in [0.3, 0.4) is 0 Å². The molecule has 0 saturated heterocycles. The Morgan fingerprint density at radius 1 is 1.04 bits per heavy atom. The second kappa shape index (κ2) is 9.01. The number of rotatable bonds is 8. The predicted molar refractivity (Wildman–Crippen MR) is 109 cm³/mol. The Morgan fingerprint density at radius 3 is 2.15 bits per heavy atom. The number of anilines is 1. The molecular formula is C20H27N3O3S. The third kappa shape index (κ3) is 5.30. The summed E-state index contributed by atoms with van der Waals surface area (Å²) in [6.45, 7) is 3.68. The van der Waals surface area contributed by atoms with E-state index in [4.69, 9.17) is 0 Å². The summed E-state index contributed by atoms with van der Waals surface area (Å²) in [5.74, 6) is -0.364. The van der Waals surface area contributed by atoms with Crippen LogP contribution in [0.25, 0.3) is 0 Å². The molecule has 0 aromatic heterocycles. The maximum absolute atomic E-state index is 12.7.